The zero-order valence-corrected chi connectivity index (χ0v) is 18.8. The van der Waals surface area contributed by atoms with E-state index in [0.29, 0.717) is 11.3 Å². The van der Waals surface area contributed by atoms with Crippen LogP contribution in [0.5, 0.6) is 0 Å². The van der Waals surface area contributed by atoms with Gasteiger partial charge in [-0.05, 0) is 24.6 Å². The van der Waals surface area contributed by atoms with Gasteiger partial charge in [-0.1, -0.05) is 42.5 Å². The molecule has 3 heterocycles. The van der Waals surface area contributed by atoms with E-state index in [1.54, 1.807) is 28.9 Å². The molecule has 2 aliphatic rings. The number of carbonyl (C=O) groups is 1. The molecule has 1 amide bonds. The minimum absolute atomic E-state index is 0.0941. The first-order chi connectivity index (χ1) is 15.3. The highest BCUT2D eigenvalue weighted by molar-refractivity contribution is 7.88. The standard InChI is InChI=1S/C23H27N3O5S/c1-3-7-16-10-11-18-21-20(22(28)24-12-15-8-5-4-6-9-15)17(14-27)19(13-25(18)23(16)29)26(21)32(2,30)31/h3-11,17,19-21,27H,12-14H2,1-2H3,(H,24,28)/b7-3-/t17-,19-,20+,21+/m0/s1. The largest absolute Gasteiger partial charge is 0.396 e. The van der Waals surface area contributed by atoms with E-state index in [2.05, 4.69) is 5.32 Å². The van der Waals surface area contributed by atoms with Crippen molar-refractivity contribution >= 4 is 22.0 Å². The van der Waals surface area contributed by atoms with E-state index < -0.39 is 33.9 Å². The summed E-state index contributed by atoms with van der Waals surface area (Å²) in [6, 6.07) is 11.2. The van der Waals surface area contributed by atoms with Crippen LogP contribution in [-0.2, 0) is 27.9 Å². The van der Waals surface area contributed by atoms with Crippen LogP contribution in [-0.4, -0.2) is 47.2 Å². The first-order valence-electron chi connectivity index (χ1n) is 10.6. The minimum Gasteiger partial charge on any atom is -0.396 e. The van der Waals surface area contributed by atoms with E-state index in [-0.39, 0.29) is 31.2 Å². The summed E-state index contributed by atoms with van der Waals surface area (Å²) < 4.78 is 28.3. The molecular formula is C23H27N3O5S. The van der Waals surface area contributed by atoms with E-state index in [1.165, 1.54) is 4.31 Å². The van der Waals surface area contributed by atoms with Crippen molar-refractivity contribution in [1.29, 1.82) is 0 Å². The number of aliphatic hydroxyl groups excluding tert-OH is 1. The highest BCUT2D eigenvalue weighted by Crippen LogP contribution is 2.49. The highest BCUT2D eigenvalue weighted by atomic mass is 32.2. The number of fused-ring (bicyclic) bond motifs is 4. The smallest absolute Gasteiger partial charge is 0.258 e. The molecule has 0 aliphatic carbocycles. The van der Waals surface area contributed by atoms with Crippen molar-refractivity contribution in [2.45, 2.75) is 32.1 Å². The Morgan fingerprint density at radius 3 is 2.56 bits per heavy atom. The third kappa shape index (κ3) is 3.80. The summed E-state index contributed by atoms with van der Waals surface area (Å²) in [4.78, 5) is 26.4. The number of amides is 1. The molecule has 32 heavy (non-hydrogen) atoms. The van der Waals surface area contributed by atoms with Crippen molar-refractivity contribution in [3.8, 4) is 0 Å². The van der Waals surface area contributed by atoms with E-state index in [0.717, 1.165) is 11.8 Å². The quantitative estimate of drug-likeness (QED) is 0.676. The fourth-order valence-corrected chi connectivity index (χ4v) is 6.40. The summed E-state index contributed by atoms with van der Waals surface area (Å²) in [7, 11) is -3.70. The number of hydrogen-bond acceptors (Lipinski definition) is 5. The van der Waals surface area contributed by atoms with Crippen molar-refractivity contribution in [3.05, 3.63) is 75.7 Å². The summed E-state index contributed by atoms with van der Waals surface area (Å²) in [6.07, 6.45) is 4.57. The first-order valence-corrected chi connectivity index (χ1v) is 12.4. The molecule has 9 heteroatoms. The average Bonchev–Trinajstić information content (AvgIpc) is 3.03. The number of nitrogens with one attached hydrogen (secondary N) is 1. The van der Waals surface area contributed by atoms with Crippen LogP contribution in [0, 0.1) is 11.8 Å². The Bertz CT molecular complexity index is 1210. The lowest BCUT2D eigenvalue weighted by molar-refractivity contribution is -0.127. The molecule has 8 nitrogen and oxygen atoms in total. The number of aliphatic hydroxyl groups is 1. The second-order valence-electron chi connectivity index (χ2n) is 8.31. The molecule has 170 valence electrons. The number of pyridine rings is 1. The lowest BCUT2D eigenvalue weighted by Gasteiger charge is -2.36. The maximum Gasteiger partial charge on any atom is 0.258 e. The minimum atomic E-state index is -3.70. The molecule has 0 spiro atoms. The fourth-order valence-electron chi connectivity index (χ4n) is 5.03. The number of carbonyl (C=O) groups excluding carboxylic acids is 1. The van der Waals surface area contributed by atoms with Gasteiger partial charge in [-0.25, -0.2) is 8.42 Å². The van der Waals surface area contributed by atoms with Crippen molar-refractivity contribution < 1.29 is 18.3 Å². The van der Waals surface area contributed by atoms with E-state index in [4.69, 9.17) is 0 Å². The SMILES string of the molecule is C/C=C\c1ccc2n(c1=O)C[C@H]1[C@H](CO)[C@@H](C(=O)NCc3ccccc3)[C@@H]2N1S(C)(=O)=O. The van der Waals surface area contributed by atoms with Crippen LogP contribution in [0.3, 0.4) is 0 Å². The topological polar surface area (TPSA) is 109 Å². The van der Waals surface area contributed by atoms with Crippen LogP contribution >= 0.6 is 0 Å². The van der Waals surface area contributed by atoms with E-state index >= 15 is 0 Å². The lowest BCUT2D eigenvalue weighted by Crippen LogP contribution is -2.48. The van der Waals surface area contributed by atoms with Crippen LogP contribution < -0.4 is 10.9 Å². The maximum atomic E-state index is 13.3. The fraction of sp³-hybridized carbons (Fsp3) is 0.391. The zero-order valence-electron chi connectivity index (χ0n) is 18.0. The van der Waals surface area contributed by atoms with Crippen molar-refractivity contribution in [1.82, 2.24) is 14.2 Å². The predicted molar refractivity (Wildman–Crippen MR) is 121 cm³/mol. The molecule has 1 aromatic heterocycles. The van der Waals surface area contributed by atoms with Crippen molar-refractivity contribution in [3.63, 3.8) is 0 Å². The number of allylic oxidation sites excluding steroid dienone is 1. The molecule has 2 aliphatic heterocycles. The molecule has 0 unspecified atom stereocenters. The molecule has 2 aromatic rings. The molecule has 1 saturated heterocycles. The van der Waals surface area contributed by atoms with Gasteiger partial charge >= 0.3 is 0 Å². The van der Waals surface area contributed by atoms with Gasteiger partial charge in [-0.2, -0.15) is 4.31 Å². The Hall–Kier alpha value is -2.75. The van der Waals surface area contributed by atoms with Crippen molar-refractivity contribution in [2.75, 3.05) is 12.9 Å². The third-order valence-electron chi connectivity index (χ3n) is 6.36. The van der Waals surface area contributed by atoms with E-state index in [1.807, 2.05) is 37.3 Å². The number of aromatic nitrogens is 1. The molecule has 1 aromatic carbocycles. The maximum absolute atomic E-state index is 13.3. The van der Waals surface area contributed by atoms with E-state index in [9.17, 15) is 23.1 Å². The first kappa shape index (κ1) is 22.4. The Morgan fingerprint density at radius 1 is 1.22 bits per heavy atom. The molecule has 4 rings (SSSR count). The predicted octanol–water partition coefficient (Wildman–Crippen LogP) is 1.12. The Morgan fingerprint density at radius 2 is 1.94 bits per heavy atom. The number of hydrogen-bond donors (Lipinski definition) is 2. The summed E-state index contributed by atoms with van der Waals surface area (Å²) in [5, 5.41) is 13.1. The van der Waals surface area contributed by atoms with Crippen LogP contribution in [0.1, 0.15) is 29.8 Å². The average molecular weight is 458 g/mol. The van der Waals surface area contributed by atoms with Gasteiger partial charge in [0.2, 0.25) is 15.9 Å². The highest BCUT2D eigenvalue weighted by Gasteiger charge is 2.58. The molecule has 2 bridgehead atoms. The summed E-state index contributed by atoms with van der Waals surface area (Å²) >= 11 is 0. The normalized spacial score (nSPS) is 25.1. The molecule has 0 saturated carbocycles. The monoisotopic (exact) mass is 457 g/mol. The molecule has 0 radical (unpaired) electrons. The molecule has 4 atom stereocenters. The second-order valence-corrected chi connectivity index (χ2v) is 10.2. The third-order valence-corrected chi connectivity index (χ3v) is 7.62. The van der Waals surface area contributed by atoms with Crippen LogP contribution in [0.4, 0.5) is 0 Å². The Balaban J connectivity index is 1.77. The second kappa shape index (κ2) is 8.65. The summed E-state index contributed by atoms with van der Waals surface area (Å²) in [5.41, 5.74) is 1.65. The molecule has 2 N–H and O–H groups in total. The number of sulfonamides is 1. The molecule has 1 fully saturated rings. The van der Waals surface area contributed by atoms with Crippen LogP contribution in [0.2, 0.25) is 0 Å². The summed E-state index contributed by atoms with van der Waals surface area (Å²) in [5.74, 6) is -1.79. The number of benzene rings is 1. The van der Waals surface area contributed by atoms with Gasteiger partial charge in [0, 0.05) is 42.9 Å². The number of rotatable bonds is 6. The Kier molecular flexibility index (Phi) is 6.07. The van der Waals surface area contributed by atoms with Gasteiger partial charge in [-0.3, -0.25) is 9.59 Å². The van der Waals surface area contributed by atoms with Crippen LogP contribution in [0.25, 0.3) is 6.08 Å². The lowest BCUT2D eigenvalue weighted by atomic mass is 9.86. The summed E-state index contributed by atoms with van der Waals surface area (Å²) in [6.45, 7) is 1.84. The van der Waals surface area contributed by atoms with Crippen LogP contribution in [0.15, 0.2) is 53.3 Å². The van der Waals surface area contributed by atoms with Gasteiger partial charge in [0.1, 0.15) is 0 Å². The van der Waals surface area contributed by atoms with Gasteiger partial charge in [0.15, 0.2) is 0 Å². The Labute approximate surface area is 187 Å². The zero-order chi connectivity index (χ0) is 23.0. The molecular weight excluding hydrogens is 430 g/mol. The van der Waals surface area contributed by atoms with Gasteiger partial charge in [0.05, 0.1) is 18.2 Å². The van der Waals surface area contributed by atoms with Gasteiger partial charge in [0.25, 0.3) is 5.56 Å². The number of nitrogens with zero attached hydrogens (tertiary/aromatic N) is 2. The van der Waals surface area contributed by atoms with Crippen molar-refractivity contribution in [2.24, 2.45) is 11.8 Å². The van der Waals surface area contributed by atoms with Gasteiger partial charge < -0.3 is 15.0 Å². The van der Waals surface area contributed by atoms with Gasteiger partial charge in [-0.15, -0.1) is 0 Å².